The lowest BCUT2D eigenvalue weighted by molar-refractivity contribution is -0.131. The van der Waals surface area contributed by atoms with Gasteiger partial charge in [-0.2, -0.15) is 0 Å². The van der Waals surface area contributed by atoms with E-state index >= 15 is 0 Å². The third kappa shape index (κ3) is 4.10. The van der Waals surface area contributed by atoms with Crippen LogP contribution in [0.25, 0.3) is 5.65 Å². The van der Waals surface area contributed by atoms with Gasteiger partial charge in [0, 0.05) is 45.1 Å². The number of nitrogens with two attached hydrogens (primary N) is 1. The van der Waals surface area contributed by atoms with Gasteiger partial charge in [-0.05, 0) is 12.1 Å². The van der Waals surface area contributed by atoms with Crippen LogP contribution in [0.3, 0.4) is 0 Å². The predicted molar refractivity (Wildman–Crippen MR) is 90.6 cm³/mol. The molecule has 0 aromatic carbocycles. The summed E-state index contributed by atoms with van der Waals surface area (Å²) < 4.78 is 2.03. The number of nitrogens with zero attached hydrogens (tertiary/aromatic N) is 4. The van der Waals surface area contributed by atoms with Crippen molar-refractivity contribution in [3.05, 3.63) is 36.3 Å². The standard InChI is InChI=1S/C14H19N5O.2ClH/c15-9-14(20)18-7-5-17(6-8-18)10-12-11-19-4-2-1-3-13(19)16-12;;/h1-4,11H,5-10,15H2;2*1H. The van der Waals surface area contributed by atoms with Crippen molar-refractivity contribution in [2.75, 3.05) is 32.7 Å². The van der Waals surface area contributed by atoms with E-state index in [1.807, 2.05) is 33.7 Å². The third-order valence-corrected chi connectivity index (χ3v) is 3.70. The summed E-state index contributed by atoms with van der Waals surface area (Å²) >= 11 is 0. The third-order valence-electron chi connectivity index (χ3n) is 3.70. The fraction of sp³-hybridized carbons (Fsp3) is 0.429. The number of amides is 1. The van der Waals surface area contributed by atoms with Gasteiger partial charge in [-0.15, -0.1) is 24.8 Å². The van der Waals surface area contributed by atoms with Crippen molar-refractivity contribution >= 4 is 36.4 Å². The molecule has 122 valence electrons. The second kappa shape index (κ2) is 8.33. The fourth-order valence-corrected chi connectivity index (χ4v) is 2.58. The number of rotatable bonds is 3. The first-order valence-corrected chi connectivity index (χ1v) is 6.89. The number of imidazole rings is 1. The molecule has 0 radical (unpaired) electrons. The summed E-state index contributed by atoms with van der Waals surface area (Å²) in [7, 11) is 0. The lowest BCUT2D eigenvalue weighted by Gasteiger charge is -2.34. The average Bonchev–Trinajstić information content (AvgIpc) is 2.89. The Balaban J connectivity index is 0.00000121. The Morgan fingerprint density at radius 2 is 1.91 bits per heavy atom. The van der Waals surface area contributed by atoms with Gasteiger partial charge in [-0.1, -0.05) is 6.07 Å². The predicted octanol–water partition coefficient (Wildman–Crippen LogP) is 0.781. The molecule has 0 spiro atoms. The van der Waals surface area contributed by atoms with Crippen molar-refractivity contribution in [3.8, 4) is 0 Å². The Kier molecular flexibility index (Phi) is 7.09. The first-order valence-electron chi connectivity index (χ1n) is 6.89. The second-order valence-corrected chi connectivity index (χ2v) is 5.06. The topological polar surface area (TPSA) is 66.9 Å². The number of piperazine rings is 1. The van der Waals surface area contributed by atoms with Crippen LogP contribution in [0.2, 0.25) is 0 Å². The molecule has 8 heteroatoms. The van der Waals surface area contributed by atoms with E-state index in [9.17, 15) is 4.79 Å². The highest BCUT2D eigenvalue weighted by Crippen LogP contribution is 2.10. The van der Waals surface area contributed by atoms with E-state index in [1.165, 1.54) is 0 Å². The Labute approximate surface area is 142 Å². The van der Waals surface area contributed by atoms with Crippen LogP contribution in [0.4, 0.5) is 0 Å². The molecule has 2 aromatic rings. The Morgan fingerprint density at radius 3 is 2.55 bits per heavy atom. The number of carbonyl (C=O) groups excluding carboxylic acids is 1. The highest BCUT2D eigenvalue weighted by atomic mass is 35.5. The largest absolute Gasteiger partial charge is 0.339 e. The number of fused-ring (bicyclic) bond motifs is 1. The molecule has 1 aliphatic rings. The van der Waals surface area contributed by atoms with Crippen LogP contribution < -0.4 is 5.73 Å². The number of hydrogen-bond donors (Lipinski definition) is 1. The van der Waals surface area contributed by atoms with Gasteiger partial charge in [0.15, 0.2) is 0 Å². The van der Waals surface area contributed by atoms with Gasteiger partial charge in [0.2, 0.25) is 5.91 Å². The van der Waals surface area contributed by atoms with E-state index < -0.39 is 0 Å². The Morgan fingerprint density at radius 1 is 1.18 bits per heavy atom. The van der Waals surface area contributed by atoms with E-state index in [2.05, 4.69) is 16.1 Å². The second-order valence-electron chi connectivity index (χ2n) is 5.06. The summed E-state index contributed by atoms with van der Waals surface area (Å²) in [4.78, 5) is 20.3. The maximum absolute atomic E-state index is 11.5. The van der Waals surface area contributed by atoms with Crippen LogP contribution in [-0.4, -0.2) is 57.8 Å². The Bertz CT molecular complexity index is 577. The quantitative estimate of drug-likeness (QED) is 0.892. The molecule has 2 N–H and O–H groups in total. The van der Waals surface area contributed by atoms with Crippen molar-refractivity contribution in [3.63, 3.8) is 0 Å². The average molecular weight is 346 g/mol. The molecule has 1 saturated heterocycles. The molecule has 3 rings (SSSR count). The van der Waals surface area contributed by atoms with Crippen LogP contribution in [-0.2, 0) is 11.3 Å². The number of hydrogen-bond acceptors (Lipinski definition) is 4. The van der Waals surface area contributed by atoms with Crippen LogP contribution in [0.5, 0.6) is 0 Å². The maximum Gasteiger partial charge on any atom is 0.236 e. The van der Waals surface area contributed by atoms with Crippen LogP contribution in [0.1, 0.15) is 5.69 Å². The van der Waals surface area contributed by atoms with Gasteiger partial charge in [0.1, 0.15) is 5.65 Å². The fourth-order valence-electron chi connectivity index (χ4n) is 2.58. The number of carbonyl (C=O) groups is 1. The molecule has 1 amide bonds. The minimum absolute atomic E-state index is 0. The van der Waals surface area contributed by atoms with Crippen LogP contribution >= 0.6 is 24.8 Å². The maximum atomic E-state index is 11.5. The highest BCUT2D eigenvalue weighted by Gasteiger charge is 2.20. The number of pyridine rings is 1. The first kappa shape index (κ1) is 18.7. The molecule has 0 saturated carbocycles. The monoisotopic (exact) mass is 345 g/mol. The smallest absolute Gasteiger partial charge is 0.236 e. The molecular formula is C14H21Cl2N5O. The van der Waals surface area contributed by atoms with E-state index in [1.54, 1.807) is 0 Å². The zero-order chi connectivity index (χ0) is 13.9. The van der Waals surface area contributed by atoms with Crippen molar-refractivity contribution in [2.45, 2.75) is 6.54 Å². The molecule has 3 heterocycles. The summed E-state index contributed by atoms with van der Waals surface area (Å²) in [6.07, 6.45) is 4.07. The van der Waals surface area contributed by atoms with Gasteiger partial charge in [-0.25, -0.2) is 4.98 Å². The van der Waals surface area contributed by atoms with Crippen molar-refractivity contribution in [1.82, 2.24) is 19.2 Å². The lowest BCUT2D eigenvalue weighted by atomic mass is 10.3. The summed E-state index contributed by atoms with van der Waals surface area (Å²) in [5.74, 6) is 0.0392. The van der Waals surface area contributed by atoms with Gasteiger partial charge >= 0.3 is 0 Å². The normalized spacial score (nSPS) is 15.2. The first-order chi connectivity index (χ1) is 9.76. The summed E-state index contributed by atoms with van der Waals surface area (Å²) in [6.45, 7) is 4.19. The molecule has 0 aliphatic carbocycles. The zero-order valence-corrected chi connectivity index (χ0v) is 13.9. The van der Waals surface area contributed by atoms with E-state index in [4.69, 9.17) is 5.73 Å². The summed E-state index contributed by atoms with van der Waals surface area (Å²) in [6, 6.07) is 5.99. The van der Waals surface area contributed by atoms with Gasteiger partial charge in [-0.3, -0.25) is 9.69 Å². The molecule has 22 heavy (non-hydrogen) atoms. The van der Waals surface area contributed by atoms with E-state index in [0.717, 1.165) is 44.1 Å². The zero-order valence-electron chi connectivity index (χ0n) is 12.2. The Hall–Kier alpha value is -1.34. The minimum Gasteiger partial charge on any atom is -0.339 e. The van der Waals surface area contributed by atoms with Gasteiger partial charge in [0.25, 0.3) is 0 Å². The number of aromatic nitrogens is 2. The number of halogens is 2. The molecule has 0 unspecified atom stereocenters. The molecular weight excluding hydrogens is 325 g/mol. The molecule has 0 atom stereocenters. The molecule has 2 aromatic heterocycles. The molecule has 1 fully saturated rings. The molecule has 0 bridgehead atoms. The molecule has 6 nitrogen and oxygen atoms in total. The van der Waals surface area contributed by atoms with E-state index in [-0.39, 0.29) is 37.3 Å². The van der Waals surface area contributed by atoms with Gasteiger partial charge in [0.05, 0.1) is 12.2 Å². The van der Waals surface area contributed by atoms with Crippen molar-refractivity contribution < 1.29 is 4.79 Å². The van der Waals surface area contributed by atoms with Crippen molar-refractivity contribution in [2.24, 2.45) is 5.73 Å². The van der Waals surface area contributed by atoms with Crippen LogP contribution in [0.15, 0.2) is 30.6 Å². The van der Waals surface area contributed by atoms with E-state index in [0.29, 0.717) is 0 Å². The van der Waals surface area contributed by atoms with Crippen LogP contribution in [0, 0.1) is 0 Å². The SMILES string of the molecule is Cl.Cl.NCC(=O)N1CCN(Cc2cn3ccccc3n2)CC1. The summed E-state index contributed by atoms with van der Waals surface area (Å²) in [5, 5.41) is 0. The summed E-state index contributed by atoms with van der Waals surface area (Å²) in [5.41, 5.74) is 7.42. The lowest BCUT2D eigenvalue weighted by Crippen LogP contribution is -2.49. The van der Waals surface area contributed by atoms with Crippen molar-refractivity contribution in [1.29, 1.82) is 0 Å². The highest BCUT2D eigenvalue weighted by molar-refractivity contribution is 5.85. The molecule has 1 aliphatic heterocycles. The minimum atomic E-state index is 0. The van der Waals surface area contributed by atoms with Gasteiger partial charge < -0.3 is 15.0 Å².